The maximum atomic E-state index is 13.0. The van der Waals surface area contributed by atoms with Crippen molar-refractivity contribution >= 4 is 34.7 Å². The second-order valence-electron chi connectivity index (χ2n) is 7.55. The third-order valence-electron chi connectivity index (χ3n) is 5.09. The maximum Gasteiger partial charge on any atom is 0.407 e. The average Bonchev–Trinajstić information content (AvgIpc) is 3.49. The highest BCUT2D eigenvalue weighted by atomic mass is 32.1. The van der Waals surface area contributed by atoms with E-state index < -0.39 is 12.2 Å². The van der Waals surface area contributed by atoms with Gasteiger partial charge in [0.2, 0.25) is 0 Å². The van der Waals surface area contributed by atoms with E-state index in [4.69, 9.17) is 0 Å². The van der Waals surface area contributed by atoms with E-state index in [2.05, 4.69) is 0 Å². The Kier molecular flexibility index (Phi) is 9.27. The minimum absolute atomic E-state index is 0.286. The van der Waals surface area contributed by atoms with Crippen molar-refractivity contribution in [2.75, 3.05) is 6.54 Å². The smallest absolute Gasteiger partial charge is 0.407 e. The SMILES string of the molecule is O=C(O)N(CCCC[C@H](O)C(=O)N(Cc1cccs1)Cc1cccs1)Cc1ccccc1. The first-order valence-electron chi connectivity index (χ1n) is 10.6. The highest BCUT2D eigenvalue weighted by molar-refractivity contribution is 7.10. The first kappa shape index (κ1) is 24.0. The highest BCUT2D eigenvalue weighted by Crippen LogP contribution is 2.19. The summed E-state index contributed by atoms with van der Waals surface area (Å²) in [5, 5.41) is 24.0. The molecule has 32 heavy (non-hydrogen) atoms. The quantitative estimate of drug-likeness (QED) is 0.362. The third kappa shape index (κ3) is 7.47. The number of benzene rings is 1. The summed E-state index contributed by atoms with van der Waals surface area (Å²) in [5.74, 6) is -0.286. The lowest BCUT2D eigenvalue weighted by Crippen LogP contribution is -2.38. The Labute approximate surface area is 196 Å². The number of aliphatic hydroxyl groups excluding tert-OH is 1. The van der Waals surface area contributed by atoms with Crippen molar-refractivity contribution in [2.24, 2.45) is 0 Å². The van der Waals surface area contributed by atoms with Crippen LogP contribution in [-0.2, 0) is 24.4 Å². The Morgan fingerprint density at radius 3 is 1.97 bits per heavy atom. The summed E-state index contributed by atoms with van der Waals surface area (Å²) in [6.45, 7) is 1.62. The molecule has 0 aliphatic carbocycles. The molecule has 2 N–H and O–H groups in total. The predicted molar refractivity (Wildman–Crippen MR) is 128 cm³/mol. The number of aliphatic hydroxyl groups is 1. The van der Waals surface area contributed by atoms with Crippen LogP contribution in [0.2, 0.25) is 0 Å². The number of carbonyl (C=O) groups is 2. The Hall–Kier alpha value is -2.68. The summed E-state index contributed by atoms with van der Waals surface area (Å²) in [4.78, 5) is 29.7. The molecule has 2 heterocycles. The van der Waals surface area contributed by atoms with Crippen LogP contribution < -0.4 is 0 Å². The van der Waals surface area contributed by atoms with E-state index >= 15 is 0 Å². The fourth-order valence-corrected chi connectivity index (χ4v) is 4.85. The number of nitrogens with zero attached hydrogens (tertiary/aromatic N) is 2. The minimum Gasteiger partial charge on any atom is -0.465 e. The highest BCUT2D eigenvalue weighted by Gasteiger charge is 2.23. The molecule has 3 aromatic rings. The van der Waals surface area contributed by atoms with E-state index in [0.29, 0.717) is 45.4 Å². The number of carbonyl (C=O) groups excluding carboxylic acids is 1. The van der Waals surface area contributed by atoms with Crippen LogP contribution in [0.4, 0.5) is 4.79 Å². The molecular weight excluding hydrogens is 444 g/mol. The van der Waals surface area contributed by atoms with E-state index in [-0.39, 0.29) is 5.91 Å². The molecule has 0 fully saturated rings. The standard InChI is InChI=1S/C24H28N2O4S2/c27-22(12-4-5-13-25(24(29)30)16-19-8-2-1-3-9-19)23(28)26(17-20-10-6-14-31-20)18-21-11-7-15-32-21/h1-3,6-11,14-15,22,27H,4-5,12-13,16-18H2,(H,29,30)/t22-/m0/s1. The zero-order valence-corrected chi connectivity index (χ0v) is 19.4. The first-order chi connectivity index (χ1) is 15.5. The maximum absolute atomic E-state index is 13.0. The summed E-state index contributed by atoms with van der Waals surface area (Å²) in [6.07, 6.45) is -0.606. The third-order valence-corrected chi connectivity index (χ3v) is 6.82. The van der Waals surface area contributed by atoms with Crippen molar-refractivity contribution < 1.29 is 19.8 Å². The molecule has 1 aromatic carbocycles. The van der Waals surface area contributed by atoms with Gasteiger partial charge in [-0.25, -0.2) is 4.79 Å². The van der Waals surface area contributed by atoms with Gasteiger partial charge in [-0.1, -0.05) is 42.5 Å². The number of rotatable bonds is 12. The van der Waals surface area contributed by atoms with E-state index in [1.165, 1.54) is 4.90 Å². The molecule has 0 bridgehead atoms. The molecule has 0 unspecified atom stereocenters. The number of amides is 2. The molecule has 0 aliphatic rings. The van der Waals surface area contributed by atoms with Crippen molar-refractivity contribution in [3.63, 3.8) is 0 Å². The van der Waals surface area contributed by atoms with Gasteiger partial charge in [-0.15, -0.1) is 22.7 Å². The van der Waals surface area contributed by atoms with Crippen LogP contribution >= 0.6 is 22.7 Å². The fourth-order valence-electron chi connectivity index (χ4n) is 3.41. The van der Waals surface area contributed by atoms with Crippen molar-refractivity contribution in [3.05, 3.63) is 80.7 Å². The number of carboxylic acid groups (broad SMARTS) is 1. The molecule has 2 aromatic heterocycles. The average molecular weight is 473 g/mol. The molecule has 0 saturated carbocycles. The van der Waals surface area contributed by atoms with Crippen LogP contribution in [0.25, 0.3) is 0 Å². The van der Waals surface area contributed by atoms with Gasteiger partial charge in [0.15, 0.2) is 0 Å². The Morgan fingerprint density at radius 2 is 1.44 bits per heavy atom. The largest absolute Gasteiger partial charge is 0.465 e. The molecule has 0 saturated heterocycles. The summed E-state index contributed by atoms with van der Waals surface area (Å²) < 4.78 is 0. The van der Waals surface area contributed by atoms with Crippen molar-refractivity contribution in [1.29, 1.82) is 0 Å². The first-order valence-corrected chi connectivity index (χ1v) is 12.3. The zero-order chi connectivity index (χ0) is 22.8. The molecule has 3 rings (SSSR count). The minimum atomic E-state index is -1.10. The van der Waals surface area contributed by atoms with E-state index in [1.807, 2.05) is 65.4 Å². The lowest BCUT2D eigenvalue weighted by Gasteiger charge is -2.25. The lowest BCUT2D eigenvalue weighted by atomic mass is 10.1. The normalized spacial score (nSPS) is 11.8. The zero-order valence-electron chi connectivity index (χ0n) is 17.8. The van der Waals surface area contributed by atoms with Crippen LogP contribution in [-0.4, -0.2) is 44.7 Å². The molecule has 1 atom stereocenters. The van der Waals surface area contributed by atoms with E-state index in [0.717, 1.165) is 15.3 Å². The topological polar surface area (TPSA) is 81.1 Å². The summed E-state index contributed by atoms with van der Waals surface area (Å²) in [7, 11) is 0. The van der Waals surface area contributed by atoms with Crippen LogP contribution in [0.3, 0.4) is 0 Å². The number of hydrogen-bond acceptors (Lipinski definition) is 5. The van der Waals surface area contributed by atoms with E-state index in [9.17, 15) is 19.8 Å². The molecule has 0 radical (unpaired) electrons. The van der Waals surface area contributed by atoms with E-state index in [1.54, 1.807) is 27.6 Å². The molecule has 0 spiro atoms. The van der Waals surface area contributed by atoms with Gasteiger partial charge in [0.05, 0.1) is 13.1 Å². The molecule has 6 nitrogen and oxygen atoms in total. The van der Waals surface area contributed by atoms with Crippen molar-refractivity contribution in [1.82, 2.24) is 9.80 Å². The molecule has 170 valence electrons. The summed E-state index contributed by atoms with van der Waals surface area (Å²) >= 11 is 3.18. The molecular formula is C24H28N2O4S2. The van der Waals surface area contributed by atoms with Gasteiger partial charge in [-0.2, -0.15) is 0 Å². The van der Waals surface area contributed by atoms with Gasteiger partial charge in [0.25, 0.3) is 5.91 Å². The van der Waals surface area contributed by atoms with Gasteiger partial charge < -0.3 is 20.0 Å². The molecule has 2 amide bonds. The van der Waals surface area contributed by atoms with Gasteiger partial charge in [-0.3, -0.25) is 4.79 Å². The Balaban J connectivity index is 1.49. The fraction of sp³-hybridized carbons (Fsp3) is 0.333. The second-order valence-corrected chi connectivity index (χ2v) is 9.62. The summed E-state index contributed by atoms with van der Waals surface area (Å²) in [6, 6.07) is 17.3. The Bertz CT molecular complexity index is 910. The van der Waals surface area contributed by atoms with Crippen LogP contribution in [0.5, 0.6) is 0 Å². The number of unbranched alkanes of at least 4 members (excludes halogenated alkanes) is 1. The lowest BCUT2D eigenvalue weighted by molar-refractivity contribution is -0.141. The van der Waals surface area contributed by atoms with Crippen LogP contribution in [0, 0.1) is 0 Å². The predicted octanol–water partition coefficient (Wildman–Crippen LogP) is 5.05. The van der Waals surface area contributed by atoms with Gasteiger partial charge >= 0.3 is 6.09 Å². The molecule has 0 aliphatic heterocycles. The van der Waals surface area contributed by atoms with Gasteiger partial charge in [0, 0.05) is 22.8 Å². The Morgan fingerprint density at radius 1 is 0.812 bits per heavy atom. The monoisotopic (exact) mass is 472 g/mol. The van der Waals surface area contributed by atoms with Crippen LogP contribution in [0.15, 0.2) is 65.4 Å². The van der Waals surface area contributed by atoms with Gasteiger partial charge in [0.1, 0.15) is 6.10 Å². The summed E-state index contributed by atoms with van der Waals surface area (Å²) in [5.41, 5.74) is 0.933. The molecule has 8 heteroatoms. The van der Waals surface area contributed by atoms with Crippen molar-refractivity contribution in [2.45, 2.75) is 45.0 Å². The number of thiophene rings is 2. The van der Waals surface area contributed by atoms with Crippen molar-refractivity contribution in [3.8, 4) is 0 Å². The van der Waals surface area contributed by atoms with Gasteiger partial charge in [-0.05, 0) is 47.7 Å². The number of hydrogen-bond donors (Lipinski definition) is 2. The second kappa shape index (κ2) is 12.4. The van der Waals surface area contributed by atoms with Crippen LogP contribution in [0.1, 0.15) is 34.6 Å².